The molecule has 0 aliphatic rings. The average Bonchev–Trinajstić information content (AvgIpc) is 2.72. The van der Waals surface area contributed by atoms with Crippen molar-refractivity contribution >= 4 is 22.6 Å². The zero-order valence-corrected chi connectivity index (χ0v) is 16.2. The summed E-state index contributed by atoms with van der Waals surface area (Å²) in [6, 6.07) is 18.8. The number of benzene rings is 3. The second kappa shape index (κ2) is 9.19. The number of nitrogens with one attached hydrogen (secondary N) is 1. The maximum absolute atomic E-state index is 13.0. The molecule has 6 heteroatoms. The predicted octanol–water partition coefficient (Wildman–Crippen LogP) is 4.17. The minimum atomic E-state index is -0.981. The number of carbonyl (C=O) groups is 2. The van der Waals surface area contributed by atoms with Crippen LogP contribution in [0.1, 0.15) is 25.5 Å². The van der Waals surface area contributed by atoms with Crippen LogP contribution in [0, 0.1) is 5.82 Å². The molecule has 0 radical (unpaired) electrons. The second-order valence-electron chi connectivity index (χ2n) is 6.71. The van der Waals surface area contributed by atoms with E-state index in [2.05, 4.69) is 5.32 Å². The van der Waals surface area contributed by atoms with E-state index in [0.29, 0.717) is 5.75 Å². The fourth-order valence-electron chi connectivity index (χ4n) is 2.85. The molecular weight excluding hydrogens is 373 g/mol. The molecule has 3 rings (SSSR count). The van der Waals surface area contributed by atoms with Gasteiger partial charge in [-0.2, -0.15) is 0 Å². The van der Waals surface area contributed by atoms with Gasteiger partial charge in [-0.1, -0.05) is 42.5 Å². The molecule has 0 bridgehead atoms. The van der Waals surface area contributed by atoms with Gasteiger partial charge in [-0.3, -0.25) is 4.79 Å². The number of fused-ring (bicyclic) bond motifs is 1. The molecule has 3 aromatic rings. The summed E-state index contributed by atoms with van der Waals surface area (Å²) in [5.41, 5.74) is 0.748. The van der Waals surface area contributed by atoms with Crippen LogP contribution in [0.15, 0.2) is 66.7 Å². The Morgan fingerprint density at radius 3 is 2.38 bits per heavy atom. The Labute approximate surface area is 168 Å². The van der Waals surface area contributed by atoms with E-state index >= 15 is 0 Å². The highest BCUT2D eigenvalue weighted by Crippen LogP contribution is 2.20. The first-order chi connectivity index (χ1) is 13.9. The first kappa shape index (κ1) is 20.3. The third-order valence-electron chi connectivity index (χ3n) is 4.48. The monoisotopic (exact) mass is 395 g/mol. The maximum Gasteiger partial charge on any atom is 0.344 e. The van der Waals surface area contributed by atoms with Gasteiger partial charge in [0.2, 0.25) is 0 Å². The van der Waals surface area contributed by atoms with Crippen LogP contribution in [-0.2, 0) is 14.3 Å². The fraction of sp³-hybridized carbons (Fsp3) is 0.217. The lowest BCUT2D eigenvalue weighted by Crippen LogP contribution is -2.38. The Hall–Kier alpha value is -3.41. The van der Waals surface area contributed by atoms with Crippen molar-refractivity contribution in [2.75, 3.05) is 6.61 Å². The summed E-state index contributed by atoms with van der Waals surface area (Å²) < 4.78 is 23.6. The van der Waals surface area contributed by atoms with Crippen LogP contribution in [0.3, 0.4) is 0 Å². The van der Waals surface area contributed by atoms with E-state index in [1.807, 2.05) is 36.4 Å². The number of rotatable bonds is 7. The zero-order valence-electron chi connectivity index (χ0n) is 16.2. The van der Waals surface area contributed by atoms with Gasteiger partial charge >= 0.3 is 5.97 Å². The Morgan fingerprint density at radius 2 is 1.66 bits per heavy atom. The van der Waals surface area contributed by atoms with E-state index in [-0.39, 0.29) is 18.5 Å². The van der Waals surface area contributed by atoms with Crippen molar-refractivity contribution in [2.24, 2.45) is 0 Å². The number of hydrogen-bond acceptors (Lipinski definition) is 4. The largest absolute Gasteiger partial charge is 0.482 e. The Morgan fingerprint density at radius 1 is 0.966 bits per heavy atom. The summed E-state index contributed by atoms with van der Waals surface area (Å²) in [5.74, 6) is -0.889. The highest BCUT2D eigenvalue weighted by molar-refractivity contribution is 5.85. The van der Waals surface area contributed by atoms with Crippen LogP contribution < -0.4 is 10.1 Å². The summed E-state index contributed by atoms with van der Waals surface area (Å²) >= 11 is 0. The minimum absolute atomic E-state index is 0.302. The van der Waals surface area contributed by atoms with E-state index in [9.17, 15) is 14.0 Å². The second-order valence-corrected chi connectivity index (χ2v) is 6.71. The standard InChI is InChI=1S/C23H22FNO4/c1-15(17-7-10-20(24)11-8-17)25-23(27)16(2)29-22(26)14-28-21-12-9-18-5-3-4-6-19(18)13-21/h3-13,15-16H,14H2,1-2H3,(H,25,27)/t15-,16-/m1/s1. The molecule has 5 nitrogen and oxygen atoms in total. The molecule has 0 aliphatic carbocycles. The molecule has 0 aliphatic heterocycles. The zero-order chi connectivity index (χ0) is 20.8. The normalized spacial score (nSPS) is 12.8. The van der Waals surface area contributed by atoms with Gasteiger partial charge in [0.1, 0.15) is 11.6 Å². The van der Waals surface area contributed by atoms with Crippen LogP contribution >= 0.6 is 0 Å². The predicted molar refractivity (Wildman–Crippen MR) is 108 cm³/mol. The summed E-state index contributed by atoms with van der Waals surface area (Å²) in [6.45, 7) is 2.95. The van der Waals surface area contributed by atoms with Crippen molar-refractivity contribution in [2.45, 2.75) is 26.0 Å². The van der Waals surface area contributed by atoms with E-state index in [1.54, 1.807) is 25.1 Å². The number of hydrogen-bond donors (Lipinski definition) is 1. The lowest BCUT2D eigenvalue weighted by atomic mass is 10.1. The number of halogens is 1. The van der Waals surface area contributed by atoms with Crippen molar-refractivity contribution in [3.63, 3.8) is 0 Å². The molecule has 0 heterocycles. The Kier molecular flexibility index (Phi) is 6.44. The summed E-state index contributed by atoms with van der Waals surface area (Å²) in [4.78, 5) is 24.3. The van der Waals surface area contributed by atoms with Crippen LogP contribution in [0.2, 0.25) is 0 Å². The number of esters is 1. The van der Waals surface area contributed by atoms with Crippen molar-refractivity contribution in [3.05, 3.63) is 78.1 Å². The third kappa shape index (κ3) is 5.54. The van der Waals surface area contributed by atoms with Gasteiger partial charge < -0.3 is 14.8 Å². The molecule has 1 amide bonds. The van der Waals surface area contributed by atoms with Gasteiger partial charge in [-0.25, -0.2) is 9.18 Å². The summed E-state index contributed by atoms with van der Waals surface area (Å²) in [5, 5.41) is 4.81. The Balaban J connectivity index is 1.48. The molecule has 3 aromatic carbocycles. The molecule has 0 unspecified atom stereocenters. The van der Waals surface area contributed by atoms with Crippen molar-refractivity contribution < 1.29 is 23.5 Å². The summed E-state index contributed by atoms with van der Waals surface area (Å²) in [7, 11) is 0. The topological polar surface area (TPSA) is 64.6 Å². The number of amides is 1. The van der Waals surface area contributed by atoms with Crippen molar-refractivity contribution in [1.82, 2.24) is 5.32 Å². The molecule has 29 heavy (non-hydrogen) atoms. The van der Waals surface area contributed by atoms with Crippen LogP contribution in [0.25, 0.3) is 10.8 Å². The molecule has 150 valence electrons. The van der Waals surface area contributed by atoms with Gasteiger partial charge in [-0.05, 0) is 54.4 Å². The quantitative estimate of drug-likeness (QED) is 0.610. The van der Waals surface area contributed by atoms with Gasteiger partial charge in [-0.15, -0.1) is 0 Å². The van der Waals surface area contributed by atoms with Crippen LogP contribution in [0.5, 0.6) is 5.75 Å². The van der Waals surface area contributed by atoms with E-state index in [0.717, 1.165) is 16.3 Å². The SMILES string of the molecule is C[C@@H](OC(=O)COc1ccc2ccccc2c1)C(=O)N[C@H](C)c1ccc(F)cc1. The van der Waals surface area contributed by atoms with Gasteiger partial charge in [0.15, 0.2) is 12.7 Å². The lowest BCUT2D eigenvalue weighted by Gasteiger charge is -2.18. The van der Waals surface area contributed by atoms with Crippen molar-refractivity contribution in [1.29, 1.82) is 0 Å². The first-order valence-corrected chi connectivity index (χ1v) is 9.29. The van der Waals surface area contributed by atoms with Gasteiger partial charge in [0.05, 0.1) is 6.04 Å². The van der Waals surface area contributed by atoms with E-state index < -0.39 is 18.0 Å². The molecule has 0 aromatic heterocycles. The highest BCUT2D eigenvalue weighted by atomic mass is 19.1. The van der Waals surface area contributed by atoms with Crippen molar-refractivity contribution in [3.8, 4) is 5.75 Å². The van der Waals surface area contributed by atoms with Crippen LogP contribution in [-0.4, -0.2) is 24.6 Å². The molecule has 0 saturated carbocycles. The third-order valence-corrected chi connectivity index (χ3v) is 4.48. The minimum Gasteiger partial charge on any atom is -0.482 e. The molecule has 0 saturated heterocycles. The van der Waals surface area contributed by atoms with E-state index in [4.69, 9.17) is 9.47 Å². The number of carbonyl (C=O) groups excluding carboxylic acids is 2. The highest BCUT2D eigenvalue weighted by Gasteiger charge is 2.20. The van der Waals surface area contributed by atoms with Crippen LogP contribution in [0.4, 0.5) is 4.39 Å². The molecular formula is C23H22FNO4. The molecule has 1 N–H and O–H groups in total. The number of ether oxygens (including phenoxy) is 2. The Bertz CT molecular complexity index is 1000. The molecule has 0 spiro atoms. The average molecular weight is 395 g/mol. The van der Waals surface area contributed by atoms with Gasteiger partial charge in [0, 0.05) is 0 Å². The molecule has 2 atom stereocenters. The lowest BCUT2D eigenvalue weighted by molar-refractivity contribution is -0.156. The maximum atomic E-state index is 13.0. The first-order valence-electron chi connectivity index (χ1n) is 9.29. The smallest absolute Gasteiger partial charge is 0.344 e. The fourth-order valence-corrected chi connectivity index (χ4v) is 2.85. The van der Waals surface area contributed by atoms with E-state index in [1.165, 1.54) is 19.1 Å². The molecule has 0 fully saturated rings. The summed E-state index contributed by atoms with van der Waals surface area (Å²) in [6.07, 6.45) is -0.981. The van der Waals surface area contributed by atoms with Gasteiger partial charge in [0.25, 0.3) is 5.91 Å².